The topological polar surface area (TPSA) is 105 Å². The summed E-state index contributed by atoms with van der Waals surface area (Å²) >= 11 is 0. The molecule has 2 heterocycles. The molecular formula is C12H20N6O2. The zero-order chi connectivity index (χ0) is 15.3. The summed E-state index contributed by atoms with van der Waals surface area (Å²) < 4.78 is 3.66. The van der Waals surface area contributed by atoms with Crippen LogP contribution >= 0.6 is 0 Å². The van der Waals surface area contributed by atoms with Gasteiger partial charge in [-0.25, -0.2) is 4.98 Å². The van der Waals surface area contributed by atoms with Crippen molar-refractivity contribution >= 4 is 11.6 Å². The minimum Gasteiger partial charge on any atom is -0.382 e. The number of imidazole rings is 2. The number of nitrogens with two attached hydrogens (primary N) is 1. The molecule has 0 saturated carbocycles. The first-order chi connectivity index (χ1) is 9.31. The Labute approximate surface area is 117 Å². The van der Waals surface area contributed by atoms with Crippen LogP contribution in [0.4, 0.5) is 11.6 Å². The number of nitrogen functional groups attached to an aromatic ring is 1. The molecule has 110 valence electrons. The molecule has 20 heavy (non-hydrogen) atoms. The second kappa shape index (κ2) is 6.69. The Morgan fingerprint density at radius 3 is 1.85 bits per heavy atom. The zero-order valence-electron chi connectivity index (χ0n) is 12.1. The van der Waals surface area contributed by atoms with Crippen LogP contribution in [0.1, 0.15) is 39.8 Å². The third-order valence-corrected chi connectivity index (χ3v) is 2.59. The average molecular weight is 280 g/mol. The van der Waals surface area contributed by atoms with Crippen molar-refractivity contribution in [2.24, 2.45) is 0 Å². The van der Waals surface area contributed by atoms with E-state index in [2.05, 4.69) is 23.8 Å². The predicted octanol–water partition coefficient (Wildman–Crippen LogP) is 2.42. The Morgan fingerprint density at radius 2 is 1.60 bits per heavy atom. The summed E-state index contributed by atoms with van der Waals surface area (Å²) in [4.78, 5) is 17.1. The van der Waals surface area contributed by atoms with Crippen molar-refractivity contribution < 1.29 is 4.92 Å². The lowest BCUT2D eigenvalue weighted by Gasteiger charge is -2.02. The molecule has 0 fully saturated rings. The highest BCUT2D eigenvalue weighted by Gasteiger charge is 2.10. The number of hydrogen-bond donors (Lipinski definition) is 1. The minimum atomic E-state index is -0.501. The van der Waals surface area contributed by atoms with Crippen molar-refractivity contribution in [2.75, 3.05) is 5.73 Å². The third-order valence-electron chi connectivity index (χ3n) is 2.59. The second-order valence-corrected chi connectivity index (χ2v) is 4.87. The van der Waals surface area contributed by atoms with Crippen LogP contribution in [-0.2, 0) is 0 Å². The summed E-state index contributed by atoms with van der Waals surface area (Å²) in [6, 6.07) is 0.672. The van der Waals surface area contributed by atoms with Gasteiger partial charge in [0.2, 0.25) is 6.33 Å². The molecule has 2 aromatic heterocycles. The summed E-state index contributed by atoms with van der Waals surface area (Å²) in [6.45, 7) is 8.04. The first-order valence-electron chi connectivity index (χ1n) is 6.28. The zero-order valence-corrected chi connectivity index (χ0v) is 12.1. The number of aromatic nitrogens is 4. The molecule has 0 unspecified atom stereocenters. The van der Waals surface area contributed by atoms with Crippen LogP contribution in [0.2, 0.25) is 0 Å². The van der Waals surface area contributed by atoms with Gasteiger partial charge in [0, 0.05) is 18.3 Å². The highest BCUT2D eigenvalue weighted by atomic mass is 16.6. The lowest BCUT2D eigenvalue weighted by atomic mass is 10.4. The van der Waals surface area contributed by atoms with Crippen LogP contribution < -0.4 is 5.73 Å². The number of hydrogen-bond acceptors (Lipinski definition) is 5. The van der Waals surface area contributed by atoms with Gasteiger partial charge in [-0.1, -0.05) is 0 Å². The molecule has 0 aliphatic rings. The van der Waals surface area contributed by atoms with Gasteiger partial charge < -0.3 is 25.0 Å². The van der Waals surface area contributed by atoms with Crippen LogP contribution in [-0.4, -0.2) is 24.0 Å². The standard InChI is InChI=1S/C6H9N3O2.C6H11N3/c1-5(2)8-3-6(7-4-8)9(10)11;1-5(2)9-3-6(7)8-4-9/h3-5H,1-2H3;3-5H,7H2,1-2H3. The van der Waals surface area contributed by atoms with Gasteiger partial charge in [-0.2, -0.15) is 0 Å². The number of nitro groups is 1. The molecule has 0 spiro atoms. The molecule has 2 aromatic rings. The van der Waals surface area contributed by atoms with Crippen molar-refractivity contribution in [3.63, 3.8) is 0 Å². The maximum Gasteiger partial charge on any atom is 0.381 e. The van der Waals surface area contributed by atoms with E-state index in [9.17, 15) is 10.1 Å². The molecular weight excluding hydrogens is 260 g/mol. The van der Waals surface area contributed by atoms with Crippen molar-refractivity contribution in [3.05, 3.63) is 35.2 Å². The van der Waals surface area contributed by atoms with Gasteiger partial charge >= 0.3 is 5.82 Å². The lowest BCUT2D eigenvalue weighted by Crippen LogP contribution is -1.95. The summed E-state index contributed by atoms with van der Waals surface area (Å²) in [6.07, 6.45) is 6.44. The van der Waals surface area contributed by atoms with Crippen LogP contribution in [0.3, 0.4) is 0 Å². The monoisotopic (exact) mass is 280 g/mol. The van der Waals surface area contributed by atoms with E-state index in [0.717, 1.165) is 0 Å². The number of rotatable bonds is 3. The van der Waals surface area contributed by atoms with Gasteiger partial charge in [-0.15, -0.1) is 0 Å². The Bertz CT molecular complexity index is 558. The Hall–Kier alpha value is -2.38. The highest BCUT2D eigenvalue weighted by Crippen LogP contribution is 2.10. The van der Waals surface area contributed by atoms with Crippen molar-refractivity contribution in [2.45, 2.75) is 39.8 Å². The molecule has 0 aliphatic carbocycles. The summed E-state index contributed by atoms with van der Waals surface area (Å²) in [5, 5.41) is 10.2. The van der Waals surface area contributed by atoms with Crippen molar-refractivity contribution in [1.29, 1.82) is 0 Å². The third kappa shape index (κ3) is 4.38. The van der Waals surface area contributed by atoms with E-state index >= 15 is 0 Å². The molecule has 8 nitrogen and oxygen atoms in total. The summed E-state index contributed by atoms with van der Waals surface area (Å²) in [5.41, 5.74) is 5.38. The smallest absolute Gasteiger partial charge is 0.381 e. The largest absolute Gasteiger partial charge is 0.382 e. The normalized spacial score (nSPS) is 10.5. The molecule has 0 aromatic carbocycles. The first-order valence-corrected chi connectivity index (χ1v) is 6.28. The SMILES string of the molecule is CC(C)n1cnc(N)c1.CC(C)n1cnc([N+](=O)[O-])c1. The van der Waals surface area contributed by atoms with Crippen molar-refractivity contribution in [1.82, 2.24) is 19.1 Å². The van der Waals surface area contributed by atoms with Crippen LogP contribution in [0.25, 0.3) is 0 Å². The van der Waals surface area contributed by atoms with E-state index in [-0.39, 0.29) is 11.9 Å². The number of nitrogens with zero attached hydrogens (tertiary/aromatic N) is 5. The molecule has 0 radical (unpaired) electrons. The maximum atomic E-state index is 10.2. The molecule has 2 N–H and O–H groups in total. The Kier molecular flexibility index (Phi) is 5.24. The molecule has 0 saturated heterocycles. The maximum absolute atomic E-state index is 10.2. The van der Waals surface area contributed by atoms with E-state index in [1.807, 2.05) is 24.6 Å². The fourth-order valence-corrected chi connectivity index (χ4v) is 1.34. The van der Waals surface area contributed by atoms with Gasteiger partial charge in [-0.05, 0) is 37.6 Å². The van der Waals surface area contributed by atoms with E-state index in [1.165, 1.54) is 12.5 Å². The second-order valence-electron chi connectivity index (χ2n) is 4.87. The van der Waals surface area contributed by atoms with E-state index in [1.54, 1.807) is 10.9 Å². The first kappa shape index (κ1) is 15.7. The van der Waals surface area contributed by atoms with Crippen LogP contribution in [0.5, 0.6) is 0 Å². The Balaban J connectivity index is 0.000000204. The van der Waals surface area contributed by atoms with E-state index in [0.29, 0.717) is 11.9 Å². The quantitative estimate of drug-likeness (QED) is 0.686. The highest BCUT2D eigenvalue weighted by molar-refractivity contribution is 5.22. The van der Waals surface area contributed by atoms with Gasteiger partial charge in [-0.3, -0.25) is 0 Å². The minimum absolute atomic E-state index is 0.0984. The molecule has 0 bridgehead atoms. The molecule has 2 rings (SSSR count). The summed E-state index contributed by atoms with van der Waals surface area (Å²) in [5.74, 6) is 0.488. The fraction of sp³-hybridized carbons (Fsp3) is 0.500. The van der Waals surface area contributed by atoms with Gasteiger partial charge in [0.05, 0.1) is 6.33 Å². The lowest BCUT2D eigenvalue weighted by molar-refractivity contribution is -0.389. The van der Waals surface area contributed by atoms with Crippen LogP contribution in [0, 0.1) is 10.1 Å². The van der Waals surface area contributed by atoms with Gasteiger partial charge in [0.15, 0.2) is 0 Å². The molecule has 8 heteroatoms. The van der Waals surface area contributed by atoms with E-state index in [4.69, 9.17) is 5.73 Å². The van der Waals surface area contributed by atoms with E-state index < -0.39 is 4.92 Å². The van der Waals surface area contributed by atoms with Gasteiger partial charge in [0.1, 0.15) is 12.0 Å². The molecule has 0 aliphatic heterocycles. The molecule has 0 amide bonds. The predicted molar refractivity (Wildman–Crippen MR) is 76.3 cm³/mol. The fourth-order valence-electron chi connectivity index (χ4n) is 1.34. The van der Waals surface area contributed by atoms with Crippen molar-refractivity contribution in [3.8, 4) is 0 Å². The molecule has 0 atom stereocenters. The Morgan fingerprint density at radius 1 is 1.10 bits per heavy atom. The average Bonchev–Trinajstić information content (AvgIpc) is 2.97. The number of anilines is 1. The van der Waals surface area contributed by atoms with Gasteiger partial charge in [0.25, 0.3) is 0 Å². The van der Waals surface area contributed by atoms with Crippen LogP contribution in [0.15, 0.2) is 25.0 Å². The summed E-state index contributed by atoms with van der Waals surface area (Å²) in [7, 11) is 0.